The molecule has 32 heavy (non-hydrogen) atoms. The van der Waals surface area contributed by atoms with Crippen LogP contribution in [0.15, 0.2) is 36.4 Å². The van der Waals surface area contributed by atoms with Crippen LogP contribution in [0.3, 0.4) is 0 Å². The second-order valence-electron chi connectivity index (χ2n) is 8.08. The maximum Gasteiger partial charge on any atom is 0.266 e. The van der Waals surface area contributed by atoms with Crippen molar-refractivity contribution in [2.45, 2.75) is 18.3 Å². The van der Waals surface area contributed by atoms with E-state index in [-0.39, 0.29) is 18.3 Å². The van der Waals surface area contributed by atoms with Crippen LogP contribution in [0, 0.1) is 0 Å². The fraction of sp³-hybridized carbons (Fsp3) is 0.391. The van der Waals surface area contributed by atoms with E-state index in [0.717, 1.165) is 4.90 Å². The fourth-order valence-corrected chi connectivity index (χ4v) is 3.47. The molecule has 4 aliphatic rings. The number of rotatable bonds is 10. The van der Waals surface area contributed by atoms with Crippen molar-refractivity contribution in [3.05, 3.63) is 47.5 Å². The van der Waals surface area contributed by atoms with E-state index in [2.05, 4.69) is 0 Å². The van der Waals surface area contributed by atoms with Gasteiger partial charge in [-0.25, -0.2) is 4.90 Å². The summed E-state index contributed by atoms with van der Waals surface area (Å²) < 4.78 is 32.9. The largest absolute Gasteiger partial charge is 0.491 e. The van der Waals surface area contributed by atoms with E-state index in [1.54, 1.807) is 36.4 Å². The lowest BCUT2D eigenvalue weighted by molar-refractivity contribution is 0.0924. The van der Waals surface area contributed by atoms with Gasteiger partial charge in [-0.15, -0.1) is 0 Å². The van der Waals surface area contributed by atoms with E-state index in [1.807, 2.05) is 0 Å². The van der Waals surface area contributed by atoms with Gasteiger partial charge in [-0.3, -0.25) is 9.59 Å². The van der Waals surface area contributed by atoms with Gasteiger partial charge < -0.3 is 28.4 Å². The van der Waals surface area contributed by atoms with Crippen molar-refractivity contribution in [2.24, 2.45) is 0 Å². The van der Waals surface area contributed by atoms with Crippen LogP contribution in [-0.2, 0) is 14.2 Å². The third-order valence-corrected chi connectivity index (χ3v) is 5.53. The molecule has 0 aliphatic carbocycles. The molecule has 3 saturated heterocycles. The second kappa shape index (κ2) is 7.77. The normalized spacial score (nSPS) is 24.9. The van der Waals surface area contributed by atoms with E-state index in [0.29, 0.717) is 73.7 Å². The molecule has 2 amide bonds. The number of imide groups is 1. The summed E-state index contributed by atoms with van der Waals surface area (Å²) in [5, 5.41) is 0. The molecule has 0 N–H and O–H groups in total. The summed E-state index contributed by atoms with van der Waals surface area (Å²) >= 11 is 0. The number of nitrogens with zero attached hydrogens (tertiary/aromatic N) is 1. The Morgan fingerprint density at radius 3 is 1.88 bits per heavy atom. The van der Waals surface area contributed by atoms with E-state index in [4.69, 9.17) is 28.4 Å². The average Bonchev–Trinajstić information content (AvgIpc) is 3.67. The fourth-order valence-electron chi connectivity index (χ4n) is 3.47. The van der Waals surface area contributed by atoms with E-state index in [1.165, 1.54) is 0 Å². The molecule has 4 aliphatic heterocycles. The number of hydrogen-bond acceptors (Lipinski definition) is 8. The van der Waals surface area contributed by atoms with Crippen molar-refractivity contribution < 1.29 is 38.0 Å². The zero-order valence-electron chi connectivity index (χ0n) is 17.2. The number of epoxide rings is 3. The molecule has 3 atom stereocenters. The highest BCUT2D eigenvalue weighted by molar-refractivity contribution is 6.35. The van der Waals surface area contributed by atoms with Crippen molar-refractivity contribution in [1.82, 2.24) is 0 Å². The third-order valence-electron chi connectivity index (χ3n) is 5.53. The minimum absolute atomic E-state index is 0.0182. The van der Waals surface area contributed by atoms with Gasteiger partial charge in [0.15, 0.2) is 0 Å². The number of fused-ring (bicyclic) bond motifs is 1. The summed E-state index contributed by atoms with van der Waals surface area (Å²) in [7, 11) is 0. The molecule has 3 unspecified atom stereocenters. The number of hydrogen-bond donors (Lipinski definition) is 0. The average molecular weight is 439 g/mol. The highest BCUT2D eigenvalue weighted by atomic mass is 16.6. The monoisotopic (exact) mass is 439 g/mol. The molecule has 0 radical (unpaired) electrons. The molecular weight excluding hydrogens is 418 g/mol. The second-order valence-corrected chi connectivity index (χ2v) is 8.08. The van der Waals surface area contributed by atoms with Crippen LogP contribution in [0.25, 0.3) is 0 Å². The first-order valence-corrected chi connectivity index (χ1v) is 10.6. The van der Waals surface area contributed by atoms with Crippen LogP contribution >= 0.6 is 0 Å². The summed E-state index contributed by atoms with van der Waals surface area (Å²) in [6, 6.07) is 9.97. The standard InChI is InChI=1S/C23H21NO8/c25-22-18-3-1-13(27-7-15-9-29-15)5-19(18)23(26)24(22)20-4-2-14(28-8-16-10-30-16)6-21(20)32-12-17-11-31-17/h1-6,15-17H,7-12H2. The number of benzene rings is 2. The van der Waals surface area contributed by atoms with Crippen molar-refractivity contribution in [3.8, 4) is 17.2 Å². The molecule has 3 fully saturated rings. The quantitative estimate of drug-likeness (QED) is 0.408. The lowest BCUT2D eigenvalue weighted by Gasteiger charge is -2.19. The number of anilines is 1. The van der Waals surface area contributed by atoms with Crippen LogP contribution in [0.4, 0.5) is 5.69 Å². The molecule has 0 bridgehead atoms. The van der Waals surface area contributed by atoms with Gasteiger partial charge in [0.2, 0.25) is 0 Å². The highest BCUT2D eigenvalue weighted by Gasteiger charge is 2.39. The minimum atomic E-state index is -0.425. The van der Waals surface area contributed by atoms with Gasteiger partial charge >= 0.3 is 0 Å². The lowest BCUT2D eigenvalue weighted by atomic mass is 10.1. The molecule has 2 aromatic rings. The van der Waals surface area contributed by atoms with Gasteiger partial charge in [-0.05, 0) is 30.3 Å². The van der Waals surface area contributed by atoms with Crippen LogP contribution in [0.2, 0.25) is 0 Å². The first kappa shape index (κ1) is 19.5. The highest BCUT2D eigenvalue weighted by Crippen LogP contribution is 2.38. The van der Waals surface area contributed by atoms with Crippen molar-refractivity contribution in [3.63, 3.8) is 0 Å². The molecule has 0 spiro atoms. The van der Waals surface area contributed by atoms with Gasteiger partial charge in [0.05, 0.1) is 36.6 Å². The van der Waals surface area contributed by atoms with Gasteiger partial charge in [-0.2, -0.15) is 0 Å². The molecule has 4 heterocycles. The summed E-state index contributed by atoms with van der Waals surface area (Å²) in [6.07, 6.45) is 0.224. The Bertz CT molecular complexity index is 1070. The Balaban J connectivity index is 1.26. The van der Waals surface area contributed by atoms with Gasteiger partial charge in [-0.1, -0.05) is 0 Å². The van der Waals surface area contributed by atoms with Crippen molar-refractivity contribution in [1.29, 1.82) is 0 Å². The topological polar surface area (TPSA) is 103 Å². The SMILES string of the molecule is O=C1c2ccc(OCC3CO3)cc2C(=O)N1c1ccc(OCC2CO2)cc1OCC1CO1. The maximum atomic E-state index is 13.2. The Morgan fingerprint density at radius 2 is 1.25 bits per heavy atom. The Labute approximate surface area is 183 Å². The molecule has 2 aromatic carbocycles. The summed E-state index contributed by atoms with van der Waals surface area (Å²) in [6.45, 7) is 3.18. The predicted molar refractivity (Wildman–Crippen MR) is 110 cm³/mol. The van der Waals surface area contributed by atoms with E-state index < -0.39 is 11.8 Å². The molecule has 166 valence electrons. The van der Waals surface area contributed by atoms with E-state index >= 15 is 0 Å². The predicted octanol–water partition coefficient (Wildman–Crippen LogP) is 1.82. The molecule has 0 aromatic heterocycles. The zero-order valence-corrected chi connectivity index (χ0v) is 17.2. The van der Waals surface area contributed by atoms with Crippen LogP contribution < -0.4 is 19.1 Å². The number of carbonyl (C=O) groups is 2. The lowest BCUT2D eigenvalue weighted by Crippen LogP contribution is -2.30. The van der Waals surface area contributed by atoms with Crippen molar-refractivity contribution >= 4 is 17.5 Å². The Morgan fingerprint density at radius 1 is 0.719 bits per heavy atom. The first-order valence-electron chi connectivity index (χ1n) is 10.6. The van der Waals surface area contributed by atoms with Gasteiger partial charge in [0.1, 0.15) is 55.4 Å². The summed E-state index contributed by atoms with van der Waals surface area (Å²) in [5.41, 5.74) is 0.986. The Hall–Kier alpha value is -3.14. The summed E-state index contributed by atoms with van der Waals surface area (Å²) in [5.74, 6) is 0.646. The van der Waals surface area contributed by atoms with Gasteiger partial charge in [0.25, 0.3) is 11.8 Å². The van der Waals surface area contributed by atoms with Gasteiger partial charge in [0, 0.05) is 6.07 Å². The van der Waals surface area contributed by atoms with Crippen LogP contribution in [0.5, 0.6) is 17.2 Å². The smallest absolute Gasteiger partial charge is 0.266 e. The van der Waals surface area contributed by atoms with Crippen LogP contribution in [-0.4, -0.2) is 69.8 Å². The van der Waals surface area contributed by atoms with E-state index in [9.17, 15) is 9.59 Å². The van der Waals surface area contributed by atoms with Crippen molar-refractivity contribution in [2.75, 3.05) is 44.5 Å². The molecule has 9 nitrogen and oxygen atoms in total. The minimum Gasteiger partial charge on any atom is -0.491 e. The number of amides is 2. The zero-order chi connectivity index (χ0) is 21.7. The molecule has 6 rings (SSSR count). The molecule has 0 saturated carbocycles. The molecule has 9 heteroatoms. The number of ether oxygens (including phenoxy) is 6. The Kier molecular flexibility index (Phi) is 4.74. The first-order chi connectivity index (χ1) is 15.7. The third kappa shape index (κ3) is 4.02. The van der Waals surface area contributed by atoms with Crippen LogP contribution in [0.1, 0.15) is 20.7 Å². The maximum absolute atomic E-state index is 13.2. The molecular formula is C23H21NO8. The summed E-state index contributed by atoms with van der Waals surface area (Å²) in [4.78, 5) is 27.5. The number of carbonyl (C=O) groups excluding carboxylic acids is 2.